The highest BCUT2D eigenvalue weighted by molar-refractivity contribution is 7.20. The summed E-state index contributed by atoms with van der Waals surface area (Å²) in [5.41, 5.74) is 6.50. The summed E-state index contributed by atoms with van der Waals surface area (Å²) < 4.78 is 26.1. The molecule has 0 saturated heterocycles. The molecule has 1 aromatic heterocycles. The van der Waals surface area contributed by atoms with Crippen LogP contribution in [0.5, 0.6) is 0 Å². The van der Waals surface area contributed by atoms with Gasteiger partial charge >= 0.3 is 0 Å². The predicted molar refractivity (Wildman–Crippen MR) is 75.4 cm³/mol. The SMILES string of the molecule is CCCC(=O)Nc1nc(-c2ccc(F)c(F)c2)c(N)s1. The average Bonchev–Trinajstić information content (AvgIpc) is 2.74. The van der Waals surface area contributed by atoms with Gasteiger partial charge in [0.2, 0.25) is 5.91 Å². The minimum atomic E-state index is -0.966. The van der Waals surface area contributed by atoms with E-state index in [1.54, 1.807) is 0 Å². The summed E-state index contributed by atoms with van der Waals surface area (Å²) in [7, 11) is 0. The fourth-order valence-electron chi connectivity index (χ4n) is 1.64. The smallest absolute Gasteiger partial charge is 0.226 e. The number of aromatic nitrogens is 1. The third-order valence-corrected chi connectivity index (χ3v) is 3.37. The molecule has 0 aliphatic rings. The first-order chi connectivity index (χ1) is 9.51. The van der Waals surface area contributed by atoms with E-state index in [-0.39, 0.29) is 5.91 Å². The van der Waals surface area contributed by atoms with E-state index in [4.69, 9.17) is 5.73 Å². The third-order valence-electron chi connectivity index (χ3n) is 2.57. The first-order valence-corrected chi connectivity index (χ1v) is 6.84. The minimum absolute atomic E-state index is 0.155. The van der Waals surface area contributed by atoms with E-state index >= 15 is 0 Å². The van der Waals surface area contributed by atoms with Gasteiger partial charge in [-0.1, -0.05) is 18.3 Å². The lowest BCUT2D eigenvalue weighted by Gasteiger charge is -2.00. The topological polar surface area (TPSA) is 68.0 Å². The highest BCUT2D eigenvalue weighted by Gasteiger charge is 2.14. The molecule has 0 atom stereocenters. The number of thiazole rings is 1. The Hall–Kier alpha value is -2.02. The molecule has 0 bridgehead atoms. The Morgan fingerprint density at radius 1 is 1.40 bits per heavy atom. The van der Waals surface area contributed by atoms with Crippen molar-refractivity contribution in [3.63, 3.8) is 0 Å². The van der Waals surface area contributed by atoms with E-state index in [0.29, 0.717) is 27.8 Å². The van der Waals surface area contributed by atoms with Gasteiger partial charge in [-0.25, -0.2) is 13.8 Å². The number of benzene rings is 1. The number of anilines is 2. The van der Waals surface area contributed by atoms with Gasteiger partial charge in [-0.3, -0.25) is 4.79 Å². The van der Waals surface area contributed by atoms with E-state index in [1.807, 2.05) is 6.92 Å². The van der Waals surface area contributed by atoms with Crippen LogP contribution in [-0.2, 0) is 4.79 Å². The fraction of sp³-hybridized carbons (Fsp3) is 0.231. The first kappa shape index (κ1) is 14.4. The number of hydrogen-bond acceptors (Lipinski definition) is 4. The Morgan fingerprint density at radius 2 is 2.15 bits per heavy atom. The van der Waals surface area contributed by atoms with Crippen molar-refractivity contribution in [3.05, 3.63) is 29.8 Å². The fourth-order valence-corrected chi connectivity index (χ4v) is 2.41. The second-order valence-electron chi connectivity index (χ2n) is 4.16. The molecule has 0 radical (unpaired) electrons. The highest BCUT2D eigenvalue weighted by atomic mass is 32.1. The highest BCUT2D eigenvalue weighted by Crippen LogP contribution is 2.33. The Kier molecular flexibility index (Phi) is 4.29. The van der Waals surface area contributed by atoms with Crippen LogP contribution in [0.25, 0.3) is 11.3 Å². The largest absolute Gasteiger partial charge is 0.389 e. The number of carbonyl (C=O) groups is 1. The quantitative estimate of drug-likeness (QED) is 0.908. The monoisotopic (exact) mass is 297 g/mol. The molecule has 0 unspecified atom stereocenters. The molecule has 1 amide bonds. The zero-order chi connectivity index (χ0) is 14.7. The standard InChI is InChI=1S/C13H13F2N3OS/c1-2-3-10(19)17-13-18-11(12(16)20-13)7-4-5-8(14)9(15)6-7/h4-6H,2-3,16H2,1H3,(H,17,18,19). The molecule has 0 spiro atoms. The number of rotatable bonds is 4. The number of hydrogen-bond donors (Lipinski definition) is 2. The van der Waals surface area contributed by atoms with Gasteiger partial charge in [0.15, 0.2) is 16.8 Å². The summed E-state index contributed by atoms with van der Waals surface area (Å²) in [5, 5.41) is 3.30. The van der Waals surface area contributed by atoms with Gasteiger partial charge in [-0.05, 0) is 24.6 Å². The molecule has 1 aromatic carbocycles. The van der Waals surface area contributed by atoms with Gasteiger partial charge in [-0.15, -0.1) is 0 Å². The lowest BCUT2D eigenvalue weighted by atomic mass is 10.1. The number of nitrogens with zero attached hydrogens (tertiary/aromatic N) is 1. The molecule has 2 aromatic rings. The maximum atomic E-state index is 13.2. The molecule has 20 heavy (non-hydrogen) atoms. The number of nitrogen functional groups attached to an aromatic ring is 1. The van der Waals surface area contributed by atoms with Crippen LogP contribution >= 0.6 is 11.3 Å². The lowest BCUT2D eigenvalue weighted by molar-refractivity contribution is -0.116. The van der Waals surface area contributed by atoms with E-state index in [0.717, 1.165) is 29.9 Å². The van der Waals surface area contributed by atoms with E-state index in [2.05, 4.69) is 10.3 Å². The van der Waals surface area contributed by atoms with Crippen LogP contribution < -0.4 is 11.1 Å². The van der Waals surface area contributed by atoms with Crippen molar-refractivity contribution < 1.29 is 13.6 Å². The predicted octanol–water partition coefficient (Wildman–Crippen LogP) is 3.41. The second-order valence-corrected chi connectivity index (χ2v) is 5.19. The zero-order valence-corrected chi connectivity index (χ0v) is 11.6. The van der Waals surface area contributed by atoms with Gasteiger partial charge in [0.05, 0.1) is 0 Å². The van der Waals surface area contributed by atoms with Crippen molar-refractivity contribution in [1.82, 2.24) is 4.98 Å². The van der Waals surface area contributed by atoms with Crippen LogP contribution in [0.4, 0.5) is 18.9 Å². The Morgan fingerprint density at radius 3 is 2.80 bits per heavy atom. The van der Waals surface area contributed by atoms with E-state index < -0.39 is 11.6 Å². The summed E-state index contributed by atoms with van der Waals surface area (Å²) >= 11 is 1.09. The van der Waals surface area contributed by atoms with Gasteiger partial charge in [0, 0.05) is 12.0 Å². The number of nitrogens with two attached hydrogens (primary N) is 1. The van der Waals surface area contributed by atoms with Crippen molar-refractivity contribution >= 4 is 27.4 Å². The summed E-state index contributed by atoms with van der Waals surface area (Å²) in [6.45, 7) is 1.89. The van der Waals surface area contributed by atoms with Crippen LogP contribution in [0.2, 0.25) is 0 Å². The Labute approximate surface area is 118 Å². The number of nitrogens with one attached hydrogen (secondary N) is 1. The van der Waals surface area contributed by atoms with Crippen LogP contribution in [0, 0.1) is 11.6 Å². The van der Waals surface area contributed by atoms with Crippen molar-refractivity contribution in [3.8, 4) is 11.3 Å². The average molecular weight is 297 g/mol. The maximum absolute atomic E-state index is 13.2. The summed E-state index contributed by atoms with van der Waals surface area (Å²) in [5.74, 6) is -2.05. The van der Waals surface area contributed by atoms with Crippen LogP contribution in [0.15, 0.2) is 18.2 Å². The maximum Gasteiger partial charge on any atom is 0.226 e. The number of carbonyl (C=O) groups excluding carboxylic acids is 1. The van der Waals surface area contributed by atoms with Gasteiger partial charge in [0.25, 0.3) is 0 Å². The molecule has 4 nitrogen and oxygen atoms in total. The van der Waals surface area contributed by atoms with Gasteiger partial charge < -0.3 is 11.1 Å². The summed E-state index contributed by atoms with van der Waals surface area (Å²) in [6.07, 6.45) is 1.11. The van der Waals surface area contributed by atoms with Crippen LogP contribution in [-0.4, -0.2) is 10.9 Å². The molecule has 0 aliphatic heterocycles. The van der Waals surface area contributed by atoms with Crippen molar-refractivity contribution in [2.24, 2.45) is 0 Å². The molecular weight excluding hydrogens is 284 g/mol. The molecule has 2 rings (SSSR count). The minimum Gasteiger partial charge on any atom is -0.389 e. The van der Waals surface area contributed by atoms with Crippen molar-refractivity contribution in [1.29, 1.82) is 0 Å². The first-order valence-electron chi connectivity index (χ1n) is 6.02. The van der Waals surface area contributed by atoms with E-state index in [9.17, 15) is 13.6 Å². The normalized spacial score (nSPS) is 10.6. The van der Waals surface area contributed by atoms with Crippen molar-refractivity contribution in [2.45, 2.75) is 19.8 Å². The molecule has 0 aliphatic carbocycles. The summed E-state index contributed by atoms with van der Waals surface area (Å²) in [6, 6.07) is 3.43. The molecule has 1 heterocycles. The molecular formula is C13H13F2N3OS. The molecule has 0 fully saturated rings. The van der Waals surface area contributed by atoms with Crippen LogP contribution in [0.1, 0.15) is 19.8 Å². The van der Waals surface area contributed by atoms with Crippen molar-refractivity contribution in [2.75, 3.05) is 11.1 Å². The third kappa shape index (κ3) is 3.11. The number of amides is 1. The zero-order valence-electron chi connectivity index (χ0n) is 10.7. The molecule has 106 valence electrons. The lowest BCUT2D eigenvalue weighted by Crippen LogP contribution is -2.10. The Balaban J connectivity index is 2.27. The van der Waals surface area contributed by atoms with Gasteiger partial charge in [-0.2, -0.15) is 0 Å². The van der Waals surface area contributed by atoms with E-state index in [1.165, 1.54) is 6.07 Å². The summed E-state index contributed by atoms with van der Waals surface area (Å²) in [4.78, 5) is 15.6. The molecule has 0 saturated carbocycles. The Bertz CT molecular complexity index is 643. The van der Waals surface area contributed by atoms with Gasteiger partial charge in [0.1, 0.15) is 10.7 Å². The molecule has 3 N–H and O–H groups in total. The van der Waals surface area contributed by atoms with Crippen LogP contribution in [0.3, 0.4) is 0 Å². The number of halogens is 2. The second kappa shape index (κ2) is 5.96. The molecule has 7 heteroatoms.